The molecule has 3 unspecified atom stereocenters. The van der Waals surface area contributed by atoms with E-state index < -0.39 is 0 Å². The van der Waals surface area contributed by atoms with Gasteiger partial charge in [0.2, 0.25) is 5.91 Å². The number of carbonyl (C=O) groups is 1. The van der Waals surface area contributed by atoms with Crippen molar-refractivity contribution in [2.45, 2.75) is 25.3 Å². The van der Waals surface area contributed by atoms with E-state index in [9.17, 15) is 9.90 Å². The lowest BCUT2D eigenvalue weighted by Gasteiger charge is -2.29. The molecule has 2 fully saturated rings. The van der Waals surface area contributed by atoms with Crippen LogP contribution in [0.15, 0.2) is 18.2 Å². The maximum atomic E-state index is 12.3. The number of rotatable bonds is 2. The van der Waals surface area contributed by atoms with Gasteiger partial charge < -0.3 is 10.4 Å². The molecule has 1 heterocycles. The Morgan fingerprint density at radius 1 is 1.40 bits per heavy atom. The number of hydrogen-bond donors (Lipinski definition) is 4. The lowest BCUT2D eigenvalue weighted by atomic mass is 9.78. The third-order valence-corrected chi connectivity index (χ3v) is 4.54. The number of amides is 1. The van der Waals surface area contributed by atoms with Crippen LogP contribution < -0.4 is 16.2 Å². The van der Waals surface area contributed by atoms with E-state index in [0.29, 0.717) is 17.6 Å². The van der Waals surface area contributed by atoms with E-state index in [4.69, 9.17) is 11.6 Å². The minimum atomic E-state index is -0.0163. The second-order valence-electron chi connectivity index (χ2n) is 5.56. The highest BCUT2D eigenvalue weighted by atomic mass is 35.5. The molecule has 1 aromatic rings. The summed E-state index contributed by atoms with van der Waals surface area (Å²) in [5.74, 6) is 0.573. The predicted octanol–water partition coefficient (Wildman–Crippen LogP) is 1.88. The van der Waals surface area contributed by atoms with E-state index in [-0.39, 0.29) is 22.6 Å². The highest BCUT2D eigenvalue weighted by Gasteiger charge is 2.36. The van der Waals surface area contributed by atoms with Gasteiger partial charge in [0, 0.05) is 30.3 Å². The van der Waals surface area contributed by atoms with Gasteiger partial charge in [-0.1, -0.05) is 11.6 Å². The summed E-state index contributed by atoms with van der Waals surface area (Å²) in [5, 5.41) is 12.7. The van der Waals surface area contributed by atoms with Gasteiger partial charge in [0.25, 0.3) is 0 Å². The van der Waals surface area contributed by atoms with Crippen molar-refractivity contribution in [3.05, 3.63) is 23.2 Å². The number of anilines is 1. The van der Waals surface area contributed by atoms with Gasteiger partial charge in [-0.2, -0.15) is 0 Å². The van der Waals surface area contributed by atoms with Crippen LogP contribution in [0.4, 0.5) is 5.69 Å². The average molecular weight is 296 g/mol. The summed E-state index contributed by atoms with van der Waals surface area (Å²) in [4.78, 5) is 12.3. The van der Waals surface area contributed by atoms with Gasteiger partial charge in [-0.15, -0.1) is 0 Å². The molecule has 1 saturated carbocycles. The van der Waals surface area contributed by atoms with Crippen molar-refractivity contribution < 1.29 is 9.90 Å². The van der Waals surface area contributed by atoms with Crippen LogP contribution in [0.1, 0.15) is 19.3 Å². The fourth-order valence-corrected chi connectivity index (χ4v) is 3.19. The number of hydrazine groups is 1. The third kappa shape index (κ3) is 2.75. The molecule has 20 heavy (non-hydrogen) atoms. The number of nitrogens with one attached hydrogen (secondary N) is 3. The van der Waals surface area contributed by atoms with Crippen molar-refractivity contribution in [2.75, 3.05) is 11.9 Å². The molecule has 2 aliphatic rings. The lowest BCUT2D eigenvalue weighted by molar-refractivity contribution is -0.121. The maximum Gasteiger partial charge on any atom is 0.227 e. The van der Waals surface area contributed by atoms with E-state index in [1.54, 1.807) is 12.1 Å². The Bertz CT molecular complexity index is 523. The van der Waals surface area contributed by atoms with Crippen LogP contribution in [0.2, 0.25) is 5.02 Å². The molecule has 1 aromatic carbocycles. The molecule has 1 aliphatic carbocycles. The van der Waals surface area contributed by atoms with Gasteiger partial charge in [0.1, 0.15) is 5.75 Å². The topological polar surface area (TPSA) is 73.4 Å². The molecule has 108 valence electrons. The number of aromatic hydroxyl groups is 1. The molecule has 1 saturated heterocycles. The van der Waals surface area contributed by atoms with E-state index in [1.165, 1.54) is 6.07 Å². The highest BCUT2D eigenvalue weighted by Crippen LogP contribution is 2.32. The van der Waals surface area contributed by atoms with Gasteiger partial charge in [-0.05, 0) is 37.3 Å². The van der Waals surface area contributed by atoms with Crippen molar-refractivity contribution in [1.82, 2.24) is 10.9 Å². The van der Waals surface area contributed by atoms with Gasteiger partial charge >= 0.3 is 0 Å². The fourth-order valence-electron chi connectivity index (χ4n) is 3.07. The molecular weight excluding hydrogens is 278 g/mol. The van der Waals surface area contributed by atoms with Gasteiger partial charge in [-0.3, -0.25) is 15.6 Å². The summed E-state index contributed by atoms with van der Waals surface area (Å²) in [6.45, 7) is 0.927. The third-order valence-electron chi connectivity index (χ3n) is 4.22. The zero-order valence-corrected chi connectivity index (χ0v) is 11.8. The van der Waals surface area contributed by atoms with Gasteiger partial charge in [-0.25, -0.2) is 0 Å². The number of carbonyl (C=O) groups excluding carboxylic acids is 1. The van der Waals surface area contributed by atoms with Crippen LogP contribution in [0.3, 0.4) is 0 Å². The summed E-state index contributed by atoms with van der Waals surface area (Å²) >= 11 is 5.75. The van der Waals surface area contributed by atoms with E-state index in [1.807, 2.05) is 0 Å². The van der Waals surface area contributed by atoms with Crippen LogP contribution in [0.5, 0.6) is 5.75 Å². The molecule has 0 spiro atoms. The Labute approximate surface area is 122 Å². The van der Waals surface area contributed by atoms with E-state index in [2.05, 4.69) is 16.2 Å². The first kappa shape index (κ1) is 13.7. The molecule has 5 nitrogen and oxygen atoms in total. The highest BCUT2D eigenvalue weighted by molar-refractivity contribution is 6.32. The maximum absolute atomic E-state index is 12.3. The Morgan fingerprint density at radius 3 is 3.05 bits per heavy atom. The van der Waals surface area contributed by atoms with E-state index in [0.717, 1.165) is 25.8 Å². The van der Waals surface area contributed by atoms with Crippen LogP contribution in [-0.2, 0) is 4.79 Å². The lowest BCUT2D eigenvalue weighted by Crippen LogP contribution is -2.38. The molecule has 1 aliphatic heterocycles. The first-order valence-electron chi connectivity index (χ1n) is 6.91. The Kier molecular flexibility index (Phi) is 3.83. The number of fused-ring (bicyclic) bond motifs is 1. The molecule has 3 rings (SSSR count). The molecule has 3 atom stereocenters. The number of halogens is 1. The van der Waals surface area contributed by atoms with Crippen LogP contribution in [-0.4, -0.2) is 23.6 Å². The molecule has 0 bridgehead atoms. The Morgan fingerprint density at radius 2 is 2.25 bits per heavy atom. The first-order valence-corrected chi connectivity index (χ1v) is 7.29. The fraction of sp³-hybridized carbons (Fsp3) is 0.500. The summed E-state index contributed by atoms with van der Waals surface area (Å²) in [7, 11) is 0. The summed E-state index contributed by atoms with van der Waals surface area (Å²) in [6.07, 6.45) is 2.80. The summed E-state index contributed by atoms with van der Waals surface area (Å²) < 4.78 is 0. The monoisotopic (exact) mass is 295 g/mol. The molecule has 4 N–H and O–H groups in total. The van der Waals surface area contributed by atoms with Crippen LogP contribution in [0.25, 0.3) is 0 Å². The minimum Gasteiger partial charge on any atom is -0.506 e. The van der Waals surface area contributed by atoms with Crippen molar-refractivity contribution >= 4 is 23.2 Å². The molecular formula is C14H18ClN3O2. The molecule has 6 heteroatoms. The van der Waals surface area contributed by atoms with Gasteiger partial charge in [0.15, 0.2) is 0 Å². The quantitative estimate of drug-likeness (QED) is 0.672. The molecule has 0 aromatic heterocycles. The summed E-state index contributed by atoms with van der Waals surface area (Å²) in [5.41, 5.74) is 6.99. The zero-order chi connectivity index (χ0) is 14.1. The van der Waals surface area contributed by atoms with Crippen molar-refractivity contribution in [3.63, 3.8) is 0 Å². The number of benzene rings is 1. The predicted molar refractivity (Wildman–Crippen MR) is 77.5 cm³/mol. The minimum absolute atomic E-state index is 0.0163. The molecule has 0 radical (unpaired) electrons. The second kappa shape index (κ2) is 5.60. The number of hydrogen-bond acceptors (Lipinski definition) is 4. The largest absolute Gasteiger partial charge is 0.506 e. The van der Waals surface area contributed by atoms with Crippen molar-refractivity contribution in [3.8, 4) is 5.75 Å². The number of phenols is 1. The molecule has 1 amide bonds. The Hall–Kier alpha value is -1.30. The normalized spacial score (nSPS) is 28.9. The summed E-state index contributed by atoms with van der Waals surface area (Å²) in [6, 6.07) is 5.25. The Balaban J connectivity index is 1.62. The van der Waals surface area contributed by atoms with Crippen LogP contribution in [0, 0.1) is 11.8 Å². The van der Waals surface area contributed by atoms with Gasteiger partial charge in [0.05, 0.1) is 5.02 Å². The average Bonchev–Trinajstić information content (AvgIpc) is 2.90. The smallest absolute Gasteiger partial charge is 0.227 e. The van der Waals surface area contributed by atoms with E-state index >= 15 is 0 Å². The van der Waals surface area contributed by atoms with Crippen LogP contribution >= 0.6 is 11.6 Å². The van der Waals surface area contributed by atoms with Crippen molar-refractivity contribution in [2.24, 2.45) is 11.8 Å². The SMILES string of the molecule is O=C(Nc1ccc(Cl)c(O)c1)C1CCC2NNCC2C1. The zero-order valence-electron chi connectivity index (χ0n) is 11.0. The number of phenolic OH excluding ortho intramolecular Hbond substituents is 1. The second-order valence-corrected chi connectivity index (χ2v) is 5.96. The van der Waals surface area contributed by atoms with Crippen molar-refractivity contribution in [1.29, 1.82) is 0 Å². The first-order chi connectivity index (χ1) is 9.63. The standard InChI is InChI=1S/C14H18ClN3O2/c15-11-3-2-10(6-13(11)19)17-14(20)8-1-4-12-9(5-8)7-16-18-12/h2-3,6,8-9,12,16,18-19H,1,4-5,7H2,(H,17,20).